The van der Waals surface area contributed by atoms with Gasteiger partial charge in [-0.1, -0.05) is 25.1 Å². The lowest BCUT2D eigenvalue weighted by Gasteiger charge is -2.34. The molecule has 1 aliphatic rings. The minimum atomic E-state index is 0.843. The van der Waals surface area contributed by atoms with Crippen molar-refractivity contribution in [3.8, 4) is 0 Å². The van der Waals surface area contributed by atoms with E-state index in [2.05, 4.69) is 38.8 Å². The molecule has 3 aromatic rings. The van der Waals surface area contributed by atoms with E-state index in [-0.39, 0.29) is 0 Å². The second-order valence-corrected chi connectivity index (χ2v) is 6.26. The van der Waals surface area contributed by atoms with Crippen molar-refractivity contribution in [3.05, 3.63) is 54.0 Å². The number of aryl methyl sites for hydroxylation is 1. The van der Waals surface area contributed by atoms with Crippen molar-refractivity contribution in [3.63, 3.8) is 0 Å². The molecule has 24 heavy (non-hydrogen) atoms. The van der Waals surface area contributed by atoms with Crippen LogP contribution in [0.25, 0.3) is 11.0 Å². The van der Waals surface area contributed by atoms with E-state index < -0.39 is 0 Å². The zero-order chi connectivity index (χ0) is 16.4. The zero-order valence-corrected chi connectivity index (χ0v) is 14.0. The molecule has 0 spiro atoms. The highest BCUT2D eigenvalue weighted by atomic mass is 16.3. The summed E-state index contributed by atoms with van der Waals surface area (Å²) in [6, 6.07) is 10.3. The van der Waals surface area contributed by atoms with E-state index >= 15 is 0 Å². The van der Waals surface area contributed by atoms with E-state index in [1.807, 2.05) is 30.6 Å². The number of benzene rings is 1. The predicted molar refractivity (Wildman–Crippen MR) is 95.1 cm³/mol. The van der Waals surface area contributed by atoms with E-state index in [0.29, 0.717) is 0 Å². The monoisotopic (exact) mass is 322 g/mol. The summed E-state index contributed by atoms with van der Waals surface area (Å²) in [5.41, 5.74) is 2.15. The van der Waals surface area contributed by atoms with Gasteiger partial charge < -0.3 is 9.32 Å². The summed E-state index contributed by atoms with van der Waals surface area (Å²) in [6.07, 6.45) is 4.85. The molecule has 0 unspecified atom stereocenters. The zero-order valence-electron chi connectivity index (χ0n) is 14.0. The number of furan rings is 1. The number of para-hydroxylation sites is 1. The van der Waals surface area contributed by atoms with Gasteiger partial charge in [-0.05, 0) is 24.1 Å². The second kappa shape index (κ2) is 6.61. The average Bonchev–Trinajstić information content (AvgIpc) is 3.05. The Hall–Kier alpha value is -2.40. The van der Waals surface area contributed by atoms with Crippen LogP contribution in [0.3, 0.4) is 0 Å². The number of anilines is 1. The van der Waals surface area contributed by atoms with E-state index in [0.717, 1.165) is 56.4 Å². The summed E-state index contributed by atoms with van der Waals surface area (Å²) in [5.74, 6) is 1.88. The SMILES string of the molecule is CCc1cnc(N2CCN(Cc3cc4ccccc4o3)CC2)nc1. The molecule has 3 heterocycles. The van der Waals surface area contributed by atoms with Crippen molar-refractivity contribution >= 4 is 16.9 Å². The molecule has 0 aliphatic carbocycles. The Balaban J connectivity index is 1.36. The molecule has 5 heteroatoms. The number of nitrogens with zero attached hydrogens (tertiary/aromatic N) is 4. The van der Waals surface area contributed by atoms with Crippen LogP contribution < -0.4 is 4.90 Å². The van der Waals surface area contributed by atoms with Crippen LogP contribution in [0.2, 0.25) is 0 Å². The fraction of sp³-hybridized carbons (Fsp3) is 0.368. The van der Waals surface area contributed by atoms with Gasteiger partial charge in [0.1, 0.15) is 11.3 Å². The molecule has 124 valence electrons. The topological polar surface area (TPSA) is 45.4 Å². The molecular weight excluding hydrogens is 300 g/mol. The normalized spacial score (nSPS) is 16.0. The molecule has 0 saturated carbocycles. The Morgan fingerprint density at radius 1 is 1.04 bits per heavy atom. The number of aromatic nitrogens is 2. The Morgan fingerprint density at radius 3 is 2.50 bits per heavy atom. The van der Waals surface area contributed by atoms with Gasteiger partial charge in [0.25, 0.3) is 0 Å². The lowest BCUT2D eigenvalue weighted by molar-refractivity contribution is 0.232. The van der Waals surface area contributed by atoms with E-state index in [1.54, 1.807) is 0 Å². The Morgan fingerprint density at radius 2 is 1.79 bits per heavy atom. The van der Waals surface area contributed by atoms with Crippen LogP contribution in [-0.2, 0) is 13.0 Å². The smallest absolute Gasteiger partial charge is 0.225 e. The second-order valence-electron chi connectivity index (χ2n) is 6.26. The highest BCUT2D eigenvalue weighted by Gasteiger charge is 2.20. The third-order valence-corrected chi connectivity index (χ3v) is 4.61. The Bertz CT molecular complexity index is 771. The van der Waals surface area contributed by atoms with Gasteiger partial charge in [0.15, 0.2) is 0 Å². The number of rotatable bonds is 4. The maximum Gasteiger partial charge on any atom is 0.225 e. The summed E-state index contributed by atoms with van der Waals surface area (Å²) in [4.78, 5) is 13.7. The summed E-state index contributed by atoms with van der Waals surface area (Å²) < 4.78 is 5.93. The van der Waals surface area contributed by atoms with Crippen molar-refractivity contribution < 1.29 is 4.42 Å². The molecule has 1 aliphatic heterocycles. The van der Waals surface area contributed by atoms with Gasteiger partial charge in [-0.25, -0.2) is 9.97 Å². The molecule has 0 N–H and O–H groups in total. The molecule has 1 fully saturated rings. The molecule has 2 aromatic heterocycles. The van der Waals surface area contributed by atoms with Crippen molar-refractivity contribution in [2.75, 3.05) is 31.1 Å². The summed E-state index contributed by atoms with van der Waals surface area (Å²) >= 11 is 0. The average molecular weight is 322 g/mol. The van der Waals surface area contributed by atoms with Gasteiger partial charge in [0, 0.05) is 44.0 Å². The highest BCUT2D eigenvalue weighted by Crippen LogP contribution is 2.21. The first kappa shape index (κ1) is 15.1. The first-order valence-corrected chi connectivity index (χ1v) is 8.57. The molecule has 0 radical (unpaired) electrons. The largest absolute Gasteiger partial charge is 0.460 e. The fourth-order valence-electron chi connectivity index (χ4n) is 3.13. The first-order valence-electron chi connectivity index (χ1n) is 8.57. The molecule has 1 saturated heterocycles. The van der Waals surface area contributed by atoms with Crippen LogP contribution in [0.5, 0.6) is 0 Å². The van der Waals surface area contributed by atoms with E-state index in [1.165, 1.54) is 10.9 Å². The molecule has 0 atom stereocenters. The van der Waals surface area contributed by atoms with E-state index in [4.69, 9.17) is 4.42 Å². The molecule has 0 bridgehead atoms. The fourth-order valence-corrected chi connectivity index (χ4v) is 3.13. The van der Waals surface area contributed by atoms with Crippen LogP contribution in [0.4, 0.5) is 5.95 Å². The molecule has 1 aromatic carbocycles. The maximum atomic E-state index is 5.93. The first-order chi connectivity index (χ1) is 11.8. The number of hydrogen-bond acceptors (Lipinski definition) is 5. The third-order valence-electron chi connectivity index (χ3n) is 4.61. The quantitative estimate of drug-likeness (QED) is 0.738. The lowest BCUT2D eigenvalue weighted by Crippen LogP contribution is -2.46. The van der Waals surface area contributed by atoms with Gasteiger partial charge in [-0.15, -0.1) is 0 Å². The minimum Gasteiger partial charge on any atom is -0.460 e. The lowest BCUT2D eigenvalue weighted by atomic mass is 10.2. The van der Waals surface area contributed by atoms with Crippen molar-refractivity contribution in [1.29, 1.82) is 0 Å². The van der Waals surface area contributed by atoms with Crippen LogP contribution in [-0.4, -0.2) is 41.0 Å². The number of piperazine rings is 1. The van der Waals surface area contributed by atoms with Gasteiger partial charge >= 0.3 is 0 Å². The van der Waals surface area contributed by atoms with Crippen molar-refractivity contribution in [2.24, 2.45) is 0 Å². The Labute approximate surface area is 141 Å². The molecule has 0 amide bonds. The van der Waals surface area contributed by atoms with E-state index in [9.17, 15) is 0 Å². The van der Waals surface area contributed by atoms with Gasteiger partial charge in [-0.3, -0.25) is 4.90 Å². The number of hydrogen-bond donors (Lipinski definition) is 0. The summed E-state index contributed by atoms with van der Waals surface area (Å²) in [6.45, 7) is 6.87. The van der Waals surface area contributed by atoms with Crippen molar-refractivity contribution in [2.45, 2.75) is 19.9 Å². The van der Waals surface area contributed by atoms with Gasteiger partial charge in [0.2, 0.25) is 5.95 Å². The van der Waals surface area contributed by atoms with Crippen LogP contribution in [0.1, 0.15) is 18.2 Å². The highest BCUT2D eigenvalue weighted by molar-refractivity contribution is 5.77. The maximum absolute atomic E-state index is 5.93. The van der Waals surface area contributed by atoms with Crippen LogP contribution in [0.15, 0.2) is 47.1 Å². The van der Waals surface area contributed by atoms with Crippen molar-refractivity contribution in [1.82, 2.24) is 14.9 Å². The van der Waals surface area contributed by atoms with Gasteiger partial charge in [-0.2, -0.15) is 0 Å². The molecular formula is C19H22N4O. The number of fused-ring (bicyclic) bond motifs is 1. The Kier molecular flexibility index (Phi) is 4.17. The molecule has 4 rings (SSSR count). The predicted octanol–water partition coefficient (Wildman–Crippen LogP) is 3.11. The minimum absolute atomic E-state index is 0.843. The molecule has 5 nitrogen and oxygen atoms in total. The summed E-state index contributed by atoms with van der Waals surface area (Å²) in [7, 11) is 0. The standard InChI is InChI=1S/C19H22N4O/c1-2-15-12-20-19(21-13-15)23-9-7-22(8-10-23)14-17-11-16-5-3-4-6-18(16)24-17/h3-6,11-13H,2,7-10,14H2,1H3. The van der Waals surface area contributed by atoms with Crippen LogP contribution >= 0.6 is 0 Å². The third kappa shape index (κ3) is 3.12. The summed E-state index contributed by atoms with van der Waals surface area (Å²) in [5, 5.41) is 1.18. The van der Waals surface area contributed by atoms with Gasteiger partial charge in [0.05, 0.1) is 6.54 Å². The van der Waals surface area contributed by atoms with Crippen LogP contribution in [0, 0.1) is 0 Å².